The molecule has 0 fully saturated rings. The van der Waals surface area contributed by atoms with E-state index >= 15 is 0 Å². The maximum absolute atomic E-state index is 12.3. The summed E-state index contributed by atoms with van der Waals surface area (Å²) in [6.07, 6.45) is 0.778. The van der Waals surface area contributed by atoms with Crippen LogP contribution in [-0.4, -0.2) is 11.7 Å². The Morgan fingerprint density at radius 2 is 1.83 bits per heavy atom. The Morgan fingerprint density at radius 1 is 1.17 bits per heavy atom. The third-order valence-corrected chi connectivity index (χ3v) is 3.96. The Kier molecular flexibility index (Phi) is 5.27. The van der Waals surface area contributed by atoms with Gasteiger partial charge in [0.25, 0.3) is 0 Å². The molecule has 0 saturated heterocycles. The summed E-state index contributed by atoms with van der Waals surface area (Å²) in [7, 11) is 0. The monoisotopic (exact) mass is 327 g/mol. The summed E-state index contributed by atoms with van der Waals surface area (Å²) in [5, 5.41) is 2.98. The molecule has 1 N–H and O–H groups in total. The summed E-state index contributed by atoms with van der Waals surface area (Å²) < 4.78 is 5.55. The van der Waals surface area contributed by atoms with Gasteiger partial charge in [-0.3, -0.25) is 9.59 Å². The standard InChI is InChI=1S/C20H25NO3/c1-13(22)16-12-15(24-14(16)2)10-11-19(23)21-18-9-7-6-8-17(18)20(3,4)5/h6-9,12H,10-11H2,1-5H3,(H,21,23). The molecule has 0 aliphatic rings. The van der Waals surface area contributed by atoms with Crippen LogP contribution >= 0.6 is 0 Å². The largest absolute Gasteiger partial charge is 0.466 e. The van der Waals surface area contributed by atoms with Gasteiger partial charge in [0, 0.05) is 18.5 Å². The zero-order chi connectivity index (χ0) is 17.9. The number of hydrogen-bond acceptors (Lipinski definition) is 3. The van der Waals surface area contributed by atoms with Crippen LogP contribution in [0.4, 0.5) is 5.69 Å². The highest BCUT2D eigenvalue weighted by Gasteiger charge is 2.19. The number of aryl methyl sites for hydroxylation is 2. The van der Waals surface area contributed by atoms with Crippen LogP contribution in [0.3, 0.4) is 0 Å². The van der Waals surface area contributed by atoms with Crippen molar-refractivity contribution in [2.75, 3.05) is 5.32 Å². The molecule has 4 nitrogen and oxygen atoms in total. The van der Waals surface area contributed by atoms with E-state index in [2.05, 4.69) is 26.1 Å². The lowest BCUT2D eigenvalue weighted by molar-refractivity contribution is -0.116. The number of furan rings is 1. The first-order valence-electron chi connectivity index (χ1n) is 8.18. The van der Waals surface area contributed by atoms with Gasteiger partial charge in [-0.2, -0.15) is 0 Å². The molecule has 2 aromatic rings. The molecular weight excluding hydrogens is 302 g/mol. The average molecular weight is 327 g/mol. The lowest BCUT2D eigenvalue weighted by Crippen LogP contribution is -2.18. The minimum absolute atomic E-state index is 0.0222. The van der Waals surface area contributed by atoms with E-state index < -0.39 is 0 Å². The zero-order valence-electron chi connectivity index (χ0n) is 15.0. The number of carbonyl (C=O) groups is 2. The molecule has 0 atom stereocenters. The molecule has 1 amide bonds. The summed E-state index contributed by atoms with van der Waals surface area (Å²) in [6.45, 7) is 9.63. The fourth-order valence-corrected chi connectivity index (χ4v) is 2.71. The van der Waals surface area contributed by atoms with Crippen molar-refractivity contribution in [1.29, 1.82) is 0 Å². The normalized spacial score (nSPS) is 11.4. The quantitative estimate of drug-likeness (QED) is 0.813. The summed E-state index contributed by atoms with van der Waals surface area (Å²) >= 11 is 0. The fourth-order valence-electron chi connectivity index (χ4n) is 2.71. The van der Waals surface area contributed by atoms with E-state index in [-0.39, 0.29) is 17.1 Å². The lowest BCUT2D eigenvalue weighted by Gasteiger charge is -2.23. The van der Waals surface area contributed by atoms with E-state index in [1.165, 1.54) is 6.92 Å². The molecule has 0 unspecified atom stereocenters. The van der Waals surface area contributed by atoms with Gasteiger partial charge in [-0.25, -0.2) is 0 Å². The molecule has 0 aliphatic heterocycles. The molecule has 128 valence electrons. The van der Waals surface area contributed by atoms with Gasteiger partial charge >= 0.3 is 0 Å². The van der Waals surface area contributed by atoms with Crippen molar-refractivity contribution in [3.63, 3.8) is 0 Å². The molecule has 24 heavy (non-hydrogen) atoms. The second kappa shape index (κ2) is 7.04. The number of benzene rings is 1. The molecule has 1 aromatic heterocycles. The van der Waals surface area contributed by atoms with E-state index in [9.17, 15) is 9.59 Å². The van der Waals surface area contributed by atoms with Crippen molar-refractivity contribution >= 4 is 17.4 Å². The van der Waals surface area contributed by atoms with Crippen LogP contribution in [0.5, 0.6) is 0 Å². The van der Waals surface area contributed by atoms with Crippen molar-refractivity contribution < 1.29 is 14.0 Å². The van der Waals surface area contributed by atoms with Crippen molar-refractivity contribution in [3.05, 3.63) is 53.0 Å². The van der Waals surface area contributed by atoms with Crippen LogP contribution in [0, 0.1) is 6.92 Å². The van der Waals surface area contributed by atoms with Crippen LogP contribution in [0.1, 0.15) is 61.6 Å². The predicted octanol–water partition coefficient (Wildman–Crippen LogP) is 4.66. The summed E-state index contributed by atoms with van der Waals surface area (Å²) in [4.78, 5) is 23.7. The summed E-state index contributed by atoms with van der Waals surface area (Å²) in [5.41, 5.74) is 2.49. The van der Waals surface area contributed by atoms with Gasteiger partial charge in [-0.1, -0.05) is 39.0 Å². The third kappa shape index (κ3) is 4.34. The molecule has 1 aromatic carbocycles. The van der Waals surface area contributed by atoms with Gasteiger partial charge < -0.3 is 9.73 Å². The van der Waals surface area contributed by atoms with Gasteiger partial charge in [0.05, 0.1) is 5.56 Å². The van der Waals surface area contributed by atoms with Crippen LogP contribution in [0.2, 0.25) is 0 Å². The fraction of sp³-hybridized carbons (Fsp3) is 0.400. The van der Waals surface area contributed by atoms with Gasteiger partial charge in [-0.05, 0) is 37.0 Å². The minimum Gasteiger partial charge on any atom is -0.466 e. The number of amides is 1. The second-order valence-corrected chi connectivity index (χ2v) is 7.08. The number of ketones is 1. The summed E-state index contributed by atoms with van der Waals surface area (Å²) in [5.74, 6) is 1.18. The number of Topliss-reactive ketones (excluding diaryl/α,β-unsaturated/α-hetero) is 1. The van der Waals surface area contributed by atoms with Crippen LogP contribution in [-0.2, 0) is 16.6 Å². The highest BCUT2D eigenvalue weighted by molar-refractivity contribution is 5.95. The Morgan fingerprint density at radius 3 is 2.42 bits per heavy atom. The average Bonchev–Trinajstić information content (AvgIpc) is 2.86. The van der Waals surface area contributed by atoms with Gasteiger partial charge in [0.1, 0.15) is 11.5 Å². The van der Waals surface area contributed by atoms with Gasteiger partial charge in [0.15, 0.2) is 5.78 Å². The van der Waals surface area contributed by atoms with E-state index in [1.807, 2.05) is 24.3 Å². The number of rotatable bonds is 5. The smallest absolute Gasteiger partial charge is 0.224 e. The number of para-hydroxylation sites is 1. The van der Waals surface area contributed by atoms with Crippen molar-refractivity contribution in [2.24, 2.45) is 0 Å². The highest BCUT2D eigenvalue weighted by Crippen LogP contribution is 2.29. The topological polar surface area (TPSA) is 59.3 Å². The Hall–Kier alpha value is -2.36. The molecule has 0 bridgehead atoms. The molecule has 2 rings (SSSR count). The van der Waals surface area contributed by atoms with Crippen molar-refractivity contribution in [2.45, 2.75) is 52.9 Å². The van der Waals surface area contributed by atoms with E-state index in [4.69, 9.17) is 4.42 Å². The Bertz CT molecular complexity index is 750. The predicted molar refractivity (Wildman–Crippen MR) is 95.5 cm³/mol. The first-order chi connectivity index (χ1) is 11.2. The second-order valence-electron chi connectivity index (χ2n) is 7.08. The number of nitrogens with one attached hydrogen (secondary N) is 1. The van der Waals surface area contributed by atoms with Crippen molar-refractivity contribution in [1.82, 2.24) is 0 Å². The van der Waals surface area contributed by atoms with E-state index in [1.54, 1.807) is 13.0 Å². The van der Waals surface area contributed by atoms with E-state index in [0.717, 1.165) is 11.3 Å². The molecule has 0 spiro atoms. The molecule has 4 heteroatoms. The molecular formula is C20H25NO3. The van der Waals surface area contributed by atoms with Crippen LogP contribution < -0.4 is 5.32 Å². The molecule has 1 heterocycles. The number of carbonyl (C=O) groups excluding carboxylic acids is 2. The highest BCUT2D eigenvalue weighted by atomic mass is 16.3. The van der Waals surface area contributed by atoms with Crippen LogP contribution in [0.15, 0.2) is 34.7 Å². The minimum atomic E-state index is -0.0647. The summed E-state index contributed by atoms with van der Waals surface area (Å²) in [6, 6.07) is 9.58. The number of anilines is 1. The van der Waals surface area contributed by atoms with Gasteiger partial charge in [0.2, 0.25) is 5.91 Å². The maximum atomic E-state index is 12.3. The SMILES string of the molecule is CC(=O)c1cc(CCC(=O)Nc2ccccc2C(C)(C)C)oc1C. The third-order valence-electron chi connectivity index (χ3n) is 3.96. The first-order valence-corrected chi connectivity index (χ1v) is 8.18. The number of hydrogen-bond donors (Lipinski definition) is 1. The molecule has 0 radical (unpaired) electrons. The Balaban J connectivity index is 2.02. The first kappa shape index (κ1) is 18.0. The van der Waals surface area contributed by atoms with E-state index in [0.29, 0.717) is 29.9 Å². The molecule has 0 aliphatic carbocycles. The lowest BCUT2D eigenvalue weighted by atomic mass is 9.86. The maximum Gasteiger partial charge on any atom is 0.224 e. The molecule has 0 saturated carbocycles. The van der Waals surface area contributed by atoms with Crippen molar-refractivity contribution in [3.8, 4) is 0 Å². The van der Waals surface area contributed by atoms with Crippen LogP contribution in [0.25, 0.3) is 0 Å². The zero-order valence-corrected chi connectivity index (χ0v) is 15.0. The Labute approximate surface area is 143 Å². The van der Waals surface area contributed by atoms with Gasteiger partial charge in [-0.15, -0.1) is 0 Å².